The third-order valence-corrected chi connectivity index (χ3v) is 21.4. The zero-order chi connectivity index (χ0) is 99.4. The smallest absolute Gasteiger partial charge is 0.326 e. The first kappa shape index (κ1) is 109. The van der Waals surface area contributed by atoms with E-state index in [1.165, 1.54) is 65.6 Å². The zero-order valence-electron chi connectivity index (χ0n) is 75.4. The summed E-state index contributed by atoms with van der Waals surface area (Å²) in [7, 11) is 0. The number of rotatable bonds is 55. The largest absolute Gasteiger partial charge is 0.508 e. The molecule has 0 unspecified atom stereocenters. The fourth-order valence-electron chi connectivity index (χ4n) is 14.4. The van der Waals surface area contributed by atoms with Crippen LogP contribution in [0.25, 0.3) is 0 Å². The molecule has 4 aromatic rings. The lowest BCUT2D eigenvalue weighted by Gasteiger charge is -2.29. The molecule has 0 radical (unpaired) electrons. The van der Waals surface area contributed by atoms with Crippen LogP contribution in [-0.2, 0) is 122 Å². The van der Waals surface area contributed by atoms with Crippen LogP contribution in [0.15, 0.2) is 109 Å². The standard InChI is InChI=1S/C89H124N18O26/c1-10-47(8)73(86(129)104-66(89(132)133)34-46(6)7)105-83(126)62(40-69(92)112)99-77(120)58(36-49-18-13-11-14-19-49)96-75(118)56(32-44(2)3)94-79(122)60(38-52-25-29-54(110)30-26-52)103-87(130)74(48(9)108)106-84(127)63(41-70(93)113)100-81(124)64(42-71(114)115)101-78(121)59(37-50-20-15-12-16-21-50)97-80(123)61(39-68(91)111)98-76(119)57(33-45(4)5)95-82(125)65(43-72(116)117)102-85(128)67-22-17-31-107(67)88(131)55(90)35-51-23-27-53(109)28-24-51/h11-16,18-21,23-30,44-48,55-67,73-74,108-110H,10,17,22,31-43,90H2,1-9H3,(H2,91,111)(H2,92,112)(H2,93,113)(H,94,122)(H,95,125)(H,96,118)(H,97,123)(H,98,119)(H,99,120)(H,100,124)(H,101,121)(H,102,128)(H,103,130)(H,104,129)(H,105,126)(H,106,127)(H,114,115)(H,116,117)(H,132,133)/t47-,48+,55-,56-,57-,58-,59-,60-,61-,62-,63-,64-,65-,66-,67-,73-,74-/m0/s1. The number of carboxylic acid groups (broad SMARTS) is 3. The molecule has 4 aromatic carbocycles. The number of carbonyl (C=O) groups is 20. The number of benzene rings is 4. The minimum Gasteiger partial charge on any atom is -0.508 e. The monoisotopic (exact) mass is 1860 g/mol. The fraction of sp³-hybridized carbons (Fsp3) is 0.506. The molecule has 1 aliphatic rings. The minimum atomic E-state index is -2.27. The molecule has 0 aliphatic carbocycles. The number of carboxylic acids is 3. The Balaban J connectivity index is 1.39. The second-order valence-electron chi connectivity index (χ2n) is 34.1. The lowest BCUT2D eigenvalue weighted by atomic mass is 9.96. The number of likely N-dealkylation sites (tertiary alicyclic amines) is 1. The molecule has 0 bridgehead atoms. The van der Waals surface area contributed by atoms with Crippen LogP contribution in [0.3, 0.4) is 0 Å². The second kappa shape index (κ2) is 53.2. The van der Waals surface area contributed by atoms with Crippen molar-refractivity contribution in [1.82, 2.24) is 74.0 Å². The molecule has 0 spiro atoms. The van der Waals surface area contributed by atoms with Crippen LogP contribution in [0, 0.1) is 23.7 Å². The van der Waals surface area contributed by atoms with Crippen molar-refractivity contribution in [3.05, 3.63) is 131 Å². The van der Waals surface area contributed by atoms with Gasteiger partial charge in [0.05, 0.1) is 44.2 Å². The minimum absolute atomic E-state index is 0.0109. The van der Waals surface area contributed by atoms with Gasteiger partial charge in [-0.1, -0.05) is 147 Å². The number of aliphatic hydroxyl groups excluding tert-OH is 1. The maximum atomic E-state index is 14.9. The first-order valence-corrected chi connectivity index (χ1v) is 43.4. The molecule has 133 heavy (non-hydrogen) atoms. The highest BCUT2D eigenvalue weighted by atomic mass is 16.4. The number of aromatic hydroxyl groups is 2. The molecule has 44 nitrogen and oxygen atoms in total. The van der Waals surface area contributed by atoms with Crippen LogP contribution in [0.5, 0.6) is 11.5 Å². The summed E-state index contributed by atoms with van der Waals surface area (Å²) < 4.78 is 0. The Kier molecular flexibility index (Phi) is 43.7. The Morgan fingerprint density at radius 2 is 0.639 bits per heavy atom. The van der Waals surface area contributed by atoms with E-state index in [0.29, 0.717) is 17.5 Å². The van der Waals surface area contributed by atoms with Gasteiger partial charge in [-0.3, -0.25) is 91.1 Å². The molecule has 17 amide bonds. The van der Waals surface area contributed by atoms with E-state index >= 15 is 0 Å². The molecule has 1 fully saturated rings. The number of aliphatic carboxylic acids is 3. The molecule has 0 aromatic heterocycles. The van der Waals surface area contributed by atoms with Gasteiger partial charge in [0.25, 0.3) is 0 Å². The van der Waals surface area contributed by atoms with Gasteiger partial charge in [0.1, 0.15) is 96.1 Å². The number of nitrogens with one attached hydrogen (secondary N) is 13. The molecule has 44 heteroatoms. The van der Waals surface area contributed by atoms with E-state index in [1.807, 2.05) is 0 Å². The summed E-state index contributed by atoms with van der Waals surface area (Å²) in [6.07, 6.45) is -8.37. The van der Waals surface area contributed by atoms with Crippen molar-refractivity contribution in [2.75, 3.05) is 6.54 Å². The lowest BCUT2D eigenvalue weighted by Crippen LogP contribution is -2.63. The highest BCUT2D eigenvalue weighted by molar-refractivity contribution is 6.03. The Morgan fingerprint density at radius 3 is 0.985 bits per heavy atom. The van der Waals surface area contributed by atoms with Gasteiger partial charge in [0, 0.05) is 25.8 Å². The van der Waals surface area contributed by atoms with Gasteiger partial charge in [-0.2, -0.15) is 0 Å². The van der Waals surface area contributed by atoms with Crippen LogP contribution >= 0.6 is 0 Å². The maximum Gasteiger partial charge on any atom is 0.326 e. The number of primary amides is 3. The van der Waals surface area contributed by atoms with Crippen LogP contribution in [-0.4, -0.2) is 257 Å². The lowest BCUT2D eigenvalue weighted by molar-refractivity contribution is -0.143. The van der Waals surface area contributed by atoms with E-state index in [9.17, 15) is 127 Å². The maximum absolute atomic E-state index is 14.9. The van der Waals surface area contributed by atoms with Gasteiger partial charge >= 0.3 is 17.9 Å². The van der Waals surface area contributed by atoms with Crippen LogP contribution in [0.1, 0.15) is 155 Å². The van der Waals surface area contributed by atoms with Gasteiger partial charge in [0.2, 0.25) is 100 Å². The fourth-order valence-corrected chi connectivity index (χ4v) is 14.4. The van der Waals surface area contributed by atoms with E-state index in [-0.39, 0.29) is 80.0 Å². The number of carbonyl (C=O) groups excluding carboxylic acids is 17. The molecular weight excluding hydrogens is 1740 g/mol. The van der Waals surface area contributed by atoms with Gasteiger partial charge in [0.15, 0.2) is 0 Å². The number of nitrogens with zero attached hydrogens (tertiary/aromatic N) is 1. The summed E-state index contributed by atoms with van der Waals surface area (Å²) in [6, 6.07) is 0.487. The van der Waals surface area contributed by atoms with Crippen molar-refractivity contribution < 1.29 is 127 Å². The van der Waals surface area contributed by atoms with Crippen LogP contribution in [0.2, 0.25) is 0 Å². The van der Waals surface area contributed by atoms with Gasteiger partial charge in [-0.05, 0) is 116 Å². The van der Waals surface area contributed by atoms with Gasteiger partial charge < -0.3 is 128 Å². The summed E-state index contributed by atoms with van der Waals surface area (Å²) >= 11 is 0. The predicted octanol–water partition coefficient (Wildman–Crippen LogP) is -3.79. The van der Waals surface area contributed by atoms with Crippen LogP contribution < -0.4 is 92.1 Å². The van der Waals surface area contributed by atoms with E-state index in [2.05, 4.69) is 69.1 Å². The SMILES string of the molecule is CC[C@H](C)[C@H](NC(=O)[C@H](CC(N)=O)NC(=O)[C@H](Cc1ccccc1)NC(=O)[C@H](CC(C)C)NC(=O)[C@H](Cc1ccc(O)cc1)NC(=O)[C@@H](NC(=O)[C@H](CC(N)=O)NC(=O)[C@H](CC(=O)O)NC(=O)[C@H](Cc1ccccc1)NC(=O)[C@H](CC(N)=O)NC(=O)[C@H](CC(C)C)NC(=O)[C@H](CC(=O)O)NC(=O)[C@@H]1CCCN1C(=O)[C@@H](N)Cc1ccc(O)cc1)[C@@H](C)O)C(=O)N[C@@H](CC(C)C)C(=O)O. The van der Waals surface area contributed by atoms with Crippen molar-refractivity contribution in [1.29, 1.82) is 0 Å². The van der Waals surface area contributed by atoms with E-state index in [4.69, 9.17) is 22.9 Å². The summed E-state index contributed by atoms with van der Waals surface area (Å²) in [5, 5.41) is 92.2. The Labute approximate surface area is 767 Å². The van der Waals surface area contributed by atoms with Crippen molar-refractivity contribution in [2.45, 2.75) is 255 Å². The average Bonchev–Trinajstić information content (AvgIpc) is 1.71. The number of aliphatic hydroxyl groups is 1. The Bertz CT molecular complexity index is 4750. The molecular formula is C89H124N18O26. The van der Waals surface area contributed by atoms with Gasteiger partial charge in [-0.15, -0.1) is 0 Å². The topological polar surface area (TPSA) is 726 Å². The quantitative estimate of drug-likeness (QED) is 0.0202. The number of amides is 17. The third-order valence-electron chi connectivity index (χ3n) is 21.4. The summed E-state index contributed by atoms with van der Waals surface area (Å²) in [6.45, 7) is 14.4. The molecule has 0 saturated carbocycles. The molecule has 1 heterocycles. The first-order chi connectivity index (χ1) is 62.5. The molecule has 17 atom stereocenters. The Hall–Kier alpha value is -14.2. The van der Waals surface area contributed by atoms with Crippen molar-refractivity contribution in [3.8, 4) is 11.5 Å². The summed E-state index contributed by atoms with van der Waals surface area (Å²) in [5.74, 6) is -26.7. The summed E-state index contributed by atoms with van der Waals surface area (Å²) in [5.41, 5.74) is 24.6. The third kappa shape index (κ3) is 37.3. The van der Waals surface area contributed by atoms with E-state index < -0.39 is 278 Å². The number of hydrogen-bond donors (Lipinski definition) is 23. The predicted molar refractivity (Wildman–Crippen MR) is 475 cm³/mol. The molecule has 1 aliphatic heterocycles. The van der Waals surface area contributed by atoms with Crippen molar-refractivity contribution >= 4 is 118 Å². The second-order valence-corrected chi connectivity index (χ2v) is 34.1. The van der Waals surface area contributed by atoms with E-state index in [0.717, 1.165) is 6.92 Å². The van der Waals surface area contributed by atoms with Gasteiger partial charge in [-0.25, -0.2) is 4.79 Å². The summed E-state index contributed by atoms with van der Waals surface area (Å²) in [4.78, 5) is 278. The molecule has 5 rings (SSSR count). The number of nitrogens with two attached hydrogens (primary N) is 4. The molecule has 27 N–H and O–H groups in total. The first-order valence-electron chi connectivity index (χ1n) is 43.4. The average molecular weight is 1860 g/mol. The number of phenols is 2. The molecule has 726 valence electrons. The van der Waals surface area contributed by atoms with E-state index in [1.54, 1.807) is 104 Å². The Morgan fingerprint density at radius 1 is 0.353 bits per heavy atom. The van der Waals surface area contributed by atoms with Crippen molar-refractivity contribution in [2.24, 2.45) is 46.6 Å². The zero-order valence-corrected chi connectivity index (χ0v) is 75.4. The number of hydrogen-bond acceptors (Lipinski definition) is 24. The molecule has 1 saturated heterocycles. The normalized spacial score (nSPS) is 16.0. The number of phenolic OH excluding ortho intramolecular Hbond substituents is 2. The van der Waals surface area contributed by atoms with Crippen LogP contribution in [0.4, 0.5) is 0 Å². The highest BCUT2D eigenvalue weighted by Gasteiger charge is 2.43. The highest BCUT2D eigenvalue weighted by Crippen LogP contribution is 2.23. The van der Waals surface area contributed by atoms with Crippen molar-refractivity contribution in [3.63, 3.8) is 0 Å².